The summed E-state index contributed by atoms with van der Waals surface area (Å²) in [5, 5.41) is 7.79. The highest BCUT2D eigenvalue weighted by molar-refractivity contribution is 6.31. The largest absolute Gasteiger partial charge is 0.416 e. The second-order valence-corrected chi connectivity index (χ2v) is 5.38. The Balaban J connectivity index is 2.46. The number of carbonyl (C=O) groups excluding carboxylic acids is 1. The molecule has 0 aliphatic heterocycles. The lowest BCUT2D eigenvalue weighted by molar-refractivity contribution is -0.137. The molecule has 2 nitrogen and oxygen atoms in total. The van der Waals surface area contributed by atoms with E-state index >= 15 is 0 Å². The van der Waals surface area contributed by atoms with Crippen LogP contribution in [0, 0.1) is 11.3 Å². The zero-order chi connectivity index (χ0) is 15.1. The fraction of sp³-hybridized carbons (Fsp3) is 0.429. The molecule has 6 heteroatoms. The predicted molar refractivity (Wildman–Crippen MR) is 70.3 cm³/mol. The van der Waals surface area contributed by atoms with Crippen molar-refractivity contribution >= 4 is 23.1 Å². The van der Waals surface area contributed by atoms with Crippen LogP contribution in [0.25, 0.3) is 0 Å². The summed E-state index contributed by atoms with van der Waals surface area (Å²) in [6.07, 6.45) is -3.62. The Morgan fingerprint density at radius 2 is 2.00 bits per heavy atom. The van der Waals surface area contributed by atoms with Gasteiger partial charge in [0.1, 0.15) is 5.78 Å². The minimum Gasteiger partial charge on any atom is -0.309 e. The van der Waals surface area contributed by atoms with Gasteiger partial charge in [-0.1, -0.05) is 18.5 Å². The smallest absolute Gasteiger partial charge is 0.309 e. The van der Waals surface area contributed by atoms with E-state index < -0.39 is 17.7 Å². The van der Waals surface area contributed by atoms with E-state index in [0.717, 1.165) is 12.1 Å². The molecule has 108 valence electrons. The molecule has 1 saturated carbocycles. The van der Waals surface area contributed by atoms with Crippen LogP contribution >= 0.6 is 11.6 Å². The van der Waals surface area contributed by atoms with E-state index in [0.29, 0.717) is 12.8 Å². The Labute approximate surface area is 119 Å². The van der Waals surface area contributed by atoms with Crippen LogP contribution in [0.3, 0.4) is 0 Å². The third-order valence-electron chi connectivity index (χ3n) is 3.58. The molecule has 1 N–H and O–H groups in total. The van der Waals surface area contributed by atoms with E-state index in [-0.39, 0.29) is 28.0 Å². The number of halogens is 4. The van der Waals surface area contributed by atoms with Gasteiger partial charge in [0.15, 0.2) is 0 Å². The van der Waals surface area contributed by atoms with Gasteiger partial charge < -0.3 is 5.41 Å². The van der Waals surface area contributed by atoms with Crippen molar-refractivity contribution in [2.75, 3.05) is 0 Å². The van der Waals surface area contributed by atoms with Crippen molar-refractivity contribution in [2.45, 2.75) is 31.9 Å². The molecular weight excluding hydrogens is 291 g/mol. The molecular formula is C14H13ClF3NO. The molecule has 1 aromatic carbocycles. The van der Waals surface area contributed by atoms with Crippen molar-refractivity contribution in [1.82, 2.24) is 0 Å². The number of alkyl halides is 3. The average molecular weight is 304 g/mol. The average Bonchev–Trinajstić information content (AvgIpc) is 2.62. The second-order valence-electron chi connectivity index (χ2n) is 4.94. The van der Waals surface area contributed by atoms with Crippen molar-refractivity contribution in [3.05, 3.63) is 34.3 Å². The minimum atomic E-state index is -4.52. The molecule has 0 bridgehead atoms. The Hall–Kier alpha value is -1.36. The molecule has 2 unspecified atom stereocenters. The third kappa shape index (κ3) is 2.73. The van der Waals surface area contributed by atoms with E-state index in [1.54, 1.807) is 0 Å². The number of ketones is 1. The van der Waals surface area contributed by atoms with Gasteiger partial charge in [-0.25, -0.2) is 0 Å². The van der Waals surface area contributed by atoms with E-state index in [2.05, 4.69) is 0 Å². The fourth-order valence-electron chi connectivity index (χ4n) is 2.54. The molecule has 0 aromatic heterocycles. The van der Waals surface area contributed by atoms with Crippen molar-refractivity contribution < 1.29 is 18.0 Å². The van der Waals surface area contributed by atoms with Crippen LogP contribution in [-0.4, -0.2) is 11.5 Å². The topological polar surface area (TPSA) is 40.9 Å². The first-order chi connectivity index (χ1) is 9.24. The Morgan fingerprint density at radius 3 is 2.50 bits per heavy atom. The fourth-order valence-corrected chi connectivity index (χ4v) is 2.79. The Bertz CT molecular complexity index is 568. The van der Waals surface area contributed by atoms with Crippen molar-refractivity contribution in [3.8, 4) is 0 Å². The lowest BCUT2D eigenvalue weighted by Crippen LogP contribution is -2.16. The lowest BCUT2D eigenvalue weighted by Gasteiger charge is -2.14. The molecule has 0 saturated heterocycles. The normalized spacial score (nSPS) is 23.4. The van der Waals surface area contributed by atoms with Gasteiger partial charge in [0.25, 0.3) is 0 Å². The number of carbonyl (C=O) groups is 1. The first kappa shape index (κ1) is 15.0. The minimum absolute atomic E-state index is 0.0737. The summed E-state index contributed by atoms with van der Waals surface area (Å²) in [5.74, 6) is -1.35. The summed E-state index contributed by atoms with van der Waals surface area (Å²) >= 11 is 5.72. The summed E-state index contributed by atoms with van der Waals surface area (Å²) < 4.78 is 38.3. The highest BCUT2D eigenvalue weighted by atomic mass is 35.5. The van der Waals surface area contributed by atoms with Gasteiger partial charge in [0.05, 0.1) is 11.5 Å². The van der Waals surface area contributed by atoms with Crippen molar-refractivity contribution in [3.63, 3.8) is 0 Å². The number of Topliss-reactive ketones (excluding diaryl/α,β-unsaturated/α-hetero) is 1. The van der Waals surface area contributed by atoms with Gasteiger partial charge in [0, 0.05) is 16.7 Å². The number of nitrogens with one attached hydrogen (secondary N) is 1. The van der Waals surface area contributed by atoms with Crippen molar-refractivity contribution in [1.29, 1.82) is 5.41 Å². The number of hydrogen-bond donors (Lipinski definition) is 1. The molecule has 1 aromatic rings. The Morgan fingerprint density at radius 1 is 1.35 bits per heavy atom. The van der Waals surface area contributed by atoms with Gasteiger partial charge in [0.2, 0.25) is 0 Å². The summed E-state index contributed by atoms with van der Waals surface area (Å²) in [4.78, 5) is 12.2. The molecule has 1 fully saturated rings. The predicted octanol–water partition coefficient (Wildman–Crippen LogP) is 4.46. The number of rotatable bonds is 2. The molecule has 0 radical (unpaired) electrons. The van der Waals surface area contributed by atoms with Crippen LogP contribution < -0.4 is 0 Å². The SMILES string of the molecule is CCC1CC(=N)C(c2cc(Cl)cc(C(F)(F)F)c2)C1=O. The highest BCUT2D eigenvalue weighted by Gasteiger charge is 2.40. The molecule has 1 aliphatic carbocycles. The molecule has 0 amide bonds. The van der Waals surface area contributed by atoms with E-state index in [1.807, 2.05) is 6.92 Å². The van der Waals surface area contributed by atoms with Crippen LogP contribution in [0.5, 0.6) is 0 Å². The van der Waals surface area contributed by atoms with Gasteiger partial charge in [-0.2, -0.15) is 13.2 Å². The first-order valence-corrected chi connectivity index (χ1v) is 6.60. The van der Waals surface area contributed by atoms with E-state index in [1.165, 1.54) is 6.07 Å². The third-order valence-corrected chi connectivity index (χ3v) is 3.79. The van der Waals surface area contributed by atoms with E-state index in [9.17, 15) is 18.0 Å². The quantitative estimate of drug-likeness (QED) is 0.861. The molecule has 0 spiro atoms. The molecule has 2 rings (SSSR count). The summed E-state index contributed by atoms with van der Waals surface area (Å²) in [6.45, 7) is 1.83. The maximum atomic E-state index is 12.8. The maximum Gasteiger partial charge on any atom is 0.416 e. The summed E-state index contributed by atoms with van der Waals surface area (Å²) in [5.41, 5.74) is -0.562. The Kier molecular flexibility index (Phi) is 3.91. The van der Waals surface area contributed by atoms with Gasteiger partial charge in [-0.3, -0.25) is 4.79 Å². The zero-order valence-corrected chi connectivity index (χ0v) is 11.5. The van der Waals surface area contributed by atoms with Crippen LogP contribution in [0.4, 0.5) is 13.2 Å². The van der Waals surface area contributed by atoms with Crippen LogP contribution in [0.1, 0.15) is 36.8 Å². The monoisotopic (exact) mass is 303 g/mol. The number of hydrogen-bond acceptors (Lipinski definition) is 2. The molecule has 20 heavy (non-hydrogen) atoms. The highest BCUT2D eigenvalue weighted by Crippen LogP contribution is 2.38. The van der Waals surface area contributed by atoms with E-state index in [4.69, 9.17) is 17.0 Å². The van der Waals surface area contributed by atoms with Gasteiger partial charge in [-0.15, -0.1) is 0 Å². The lowest BCUT2D eigenvalue weighted by atomic mass is 9.92. The first-order valence-electron chi connectivity index (χ1n) is 6.22. The van der Waals surface area contributed by atoms with Crippen molar-refractivity contribution in [2.24, 2.45) is 5.92 Å². The zero-order valence-electron chi connectivity index (χ0n) is 10.7. The second kappa shape index (κ2) is 5.20. The van der Waals surface area contributed by atoms with Crippen LogP contribution in [0.2, 0.25) is 5.02 Å². The maximum absolute atomic E-state index is 12.8. The van der Waals surface area contributed by atoms with Gasteiger partial charge >= 0.3 is 6.18 Å². The molecule has 0 heterocycles. The molecule has 2 atom stereocenters. The van der Waals surface area contributed by atoms with Crippen LogP contribution in [-0.2, 0) is 11.0 Å². The summed E-state index contributed by atoms with van der Waals surface area (Å²) in [6, 6.07) is 3.08. The standard InChI is InChI=1S/C14H13ClF3NO/c1-2-7-5-11(19)12(13(7)20)8-3-9(14(16,17)18)6-10(15)4-8/h3-4,6-7,12,19H,2,5H2,1H3. The van der Waals surface area contributed by atoms with Gasteiger partial charge in [-0.05, 0) is 36.6 Å². The summed E-state index contributed by atoms with van der Waals surface area (Å²) in [7, 11) is 0. The number of benzene rings is 1. The molecule has 1 aliphatic rings. The van der Waals surface area contributed by atoms with Crippen LogP contribution in [0.15, 0.2) is 18.2 Å².